The Kier molecular flexibility index (Phi) is 6.12. The maximum Gasteiger partial charge on any atom is 0.235 e. The molecule has 13 rings (SSSR count). The Labute approximate surface area is 332 Å². The molecule has 0 saturated carbocycles. The van der Waals surface area contributed by atoms with Crippen LogP contribution in [0.15, 0.2) is 164 Å². The molecule has 3 nitrogen and oxygen atoms in total. The summed E-state index contributed by atoms with van der Waals surface area (Å²) in [6.07, 6.45) is 0. The lowest BCUT2D eigenvalue weighted by atomic mass is 9.78. The Hall–Kier alpha value is -6.88. The van der Waals surface area contributed by atoms with Gasteiger partial charge in [0.25, 0.3) is 0 Å². The van der Waals surface area contributed by atoms with Crippen molar-refractivity contribution in [3.05, 3.63) is 175 Å². The van der Waals surface area contributed by atoms with E-state index in [-0.39, 0.29) is 5.41 Å². The van der Waals surface area contributed by atoms with Gasteiger partial charge < -0.3 is 0 Å². The van der Waals surface area contributed by atoms with Crippen molar-refractivity contribution < 1.29 is 0 Å². The number of rotatable bonds is 2. The molecule has 0 saturated heterocycles. The van der Waals surface area contributed by atoms with Gasteiger partial charge in [-0.05, 0) is 78.2 Å². The molecule has 1 aliphatic rings. The summed E-state index contributed by atoms with van der Waals surface area (Å²) >= 11 is 1.79. The highest BCUT2D eigenvalue weighted by molar-refractivity contribution is 7.26. The summed E-state index contributed by atoms with van der Waals surface area (Å²) in [5.74, 6) is 0.683. The number of benzene rings is 9. The van der Waals surface area contributed by atoms with Crippen molar-refractivity contribution in [2.24, 2.45) is 0 Å². The van der Waals surface area contributed by atoms with Crippen LogP contribution >= 0.6 is 11.3 Å². The Bertz CT molecular complexity index is 3730. The fourth-order valence-electron chi connectivity index (χ4n) is 10.4. The van der Waals surface area contributed by atoms with E-state index in [2.05, 4.69) is 182 Å². The summed E-state index contributed by atoms with van der Waals surface area (Å²) in [4.78, 5) is 11.3. The van der Waals surface area contributed by atoms with Crippen molar-refractivity contribution in [1.82, 2.24) is 14.5 Å². The molecule has 12 aromatic rings. The van der Waals surface area contributed by atoms with Crippen molar-refractivity contribution in [3.8, 4) is 28.3 Å². The highest BCUT2D eigenvalue weighted by Crippen LogP contribution is 2.54. The molecule has 3 aromatic heterocycles. The lowest BCUT2D eigenvalue weighted by Crippen LogP contribution is -2.15. The fourth-order valence-corrected chi connectivity index (χ4v) is 11.5. The minimum absolute atomic E-state index is 0.161. The maximum atomic E-state index is 5.72. The Morgan fingerprint density at radius 1 is 0.491 bits per heavy atom. The SMILES string of the molecule is CC1(C)c2ccccc2-c2ccc3c(c21)c1ccccc1c1c3c2ccccc2n1-c1nc(-c2cc3ccccc3c3ccccc23)c2sc3ccccc3c2n1. The van der Waals surface area contributed by atoms with E-state index in [9.17, 15) is 0 Å². The van der Waals surface area contributed by atoms with Gasteiger partial charge in [-0.25, -0.2) is 9.97 Å². The first-order valence-electron chi connectivity index (χ1n) is 19.7. The van der Waals surface area contributed by atoms with Crippen LogP contribution in [0.3, 0.4) is 0 Å². The van der Waals surface area contributed by atoms with Crippen molar-refractivity contribution in [2.45, 2.75) is 19.3 Å². The number of hydrogen-bond donors (Lipinski definition) is 0. The zero-order valence-electron chi connectivity index (χ0n) is 31.3. The summed E-state index contributed by atoms with van der Waals surface area (Å²) < 4.78 is 4.67. The molecule has 0 radical (unpaired) electrons. The van der Waals surface area contributed by atoms with E-state index in [1.54, 1.807) is 11.3 Å². The fraction of sp³-hybridized carbons (Fsp3) is 0.0566. The van der Waals surface area contributed by atoms with Gasteiger partial charge in [0.2, 0.25) is 5.95 Å². The van der Waals surface area contributed by atoms with Gasteiger partial charge in [-0.3, -0.25) is 4.57 Å². The number of aromatic nitrogens is 3. The third-order valence-electron chi connectivity index (χ3n) is 12.7. The molecule has 0 fully saturated rings. The van der Waals surface area contributed by atoms with Gasteiger partial charge in [-0.1, -0.05) is 159 Å². The molecule has 0 spiro atoms. The van der Waals surface area contributed by atoms with Crippen LogP contribution in [0.4, 0.5) is 0 Å². The molecular formula is C53H33N3S. The minimum Gasteiger partial charge on any atom is -0.277 e. The van der Waals surface area contributed by atoms with Crippen LogP contribution in [0.1, 0.15) is 25.0 Å². The van der Waals surface area contributed by atoms with Crippen molar-refractivity contribution in [3.63, 3.8) is 0 Å². The average molecular weight is 744 g/mol. The van der Waals surface area contributed by atoms with Crippen LogP contribution < -0.4 is 0 Å². The second-order valence-corrected chi connectivity index (χ2v) is 17.1. The number of thiophene rings is 1. The van der Waals surface area contributed by atoms with Crippen LogP contribution in [-0.2, 0) is 5.41 Å². The summed E-state index contributed by atoms with van der Waals surface area (Å²) in [6.45, 7) is 4.79. The predicted molar refractivity (Wildman–Crippen MR) is 242 cm³/mol. The zero-order chi connectivity index (χ0) is 37.6. The maximum absolute atomic E-state index is 5.72. The third kappa shape index (κ3) is 4.05. The average Bonchev–Trinajstić information content (AvgIpc) is 3.89. The van der Waals surface area contributed by atoms with E-state index in [1.807, 2.05) is 0 Å². The quantitative estimate of drug-likeness (QED) is 0.165. The van der Waals surface area contributed by atoms with Crippen LogP contribution in [0.2, 0.25) is 0 Å². The molecule has 0 unspecified atom stereocenters. The number of hydrogen-bond acceptors (Lipinski definition) is 3. The Balaban J connectivity index is 1.22. The Morgan fingerprint density at radius 3 is 2.02 bits per heavy atom. The largest absolute Gasteiger partial charge is 0.277 e. The lowest BCUT2D eigenvalue weighted by molar-refractivity contribution is 0.666. The molecule has 0 N–H and O–H groups in total. The number of fused-ring (bicyclic) bond motifs is 18. The lowest BCUT2D eigenvalue weighted by Gasteiger charge is -2.24. The molecule has 0 aliphatic heterocycles. The van der Waals surface area contributed by atoms with Gasteiger partial charge in [0.15, 0.2) is 0 Å². The van der Waals surface area contributed by atoms with Crippen LogP contribution in [-0.4, -0.2) is 14.5 Å². The second kappa shape index (κ2) is 11.1. The first-order chi connectivity index (χ1) is 28.1. The van der Waals surface area contributed by atoms with E-state index < -0.39 is 0 Å². The topological polar surface area (TPSA) is 30.7 Å². The third-order valence-corrected chi connectivity index (χ3v) is 13.9. The van der Waals surface area contributed by atoms with E-state index in [1.165, 1.54) is 80.8 Å². The smallest absolute Gasteiger partial charge is 0.235 e. The summed E-state index contributed by atoms with van der Waals surface area (Å²) in [7, 11) is 0. The molecule has 3 heterocycles. The van der Waals surface area contributed by atoms with Crippen molar-refractivity contribution in [1.29, 1.82) is 0 Å². The van der Waals surface area contributed by atoms with E-state index in [0.717, 1.165) is 37.9 Å². The summed E-state index contributed by atoms with van der Waals surface area (Å²) in [6, 6.07) is 60.0. The van der Waals surface area contributed by atoms with Gasteiger partial charge >= 0.3 is 0 Å². The van der Waals surface area contributed by atoms with E-state index >= 15 is 0 Å². The normalized spacial score (nSPS) is 13.6. The summed E-state index contributed by atoms with van der Waals surface area (Å²) in [5, 5.41) is 13.5. The summed E-state index contributed by atoms with van der Waals surface area (Å²) in [5.41, 5.74) is 10.6. The van der Waals surface area contributed by atoms with Crippen molar-refractivity contribution in [2.75, 3.05) is 0 Å². The van der Waals surface area contributed by atoms with Crippen LogP contribution in [0, 0.1) is 0 Å². The van der Waals surface area contributed by atoms with Gasteiger partial charge in [-0.15, -0.1) is 11.3 Å². The van der Waals surface area contributed by atoms with Crippen LogP contribution in [0.25, 0.3) is 114 Å². The molecule has 0 atom stereocenters. The first kappa shape index (κ1) is 31.3. The number of para-hydroxylation sites is 1. The molecule has 57 heavy (non-hydrogen) atoms. The molecule has 0 amide bonds. The van der Waals surface area contributed by atoms with E-state index in [0.29, 0.717) is 5.95 Å². The molecule has 9 aromatic carbocycles. The molecule has 266 valence electrons. The monoisotopic (exact) mass is 743 g/mol. The van der Waals surface area contributed by atoms with E-state index in [4.69, 9.17) is 9.97 Å². The standard InChI is InChI=1S/C53H33N3S/c1-53(2)42-24-12-9-19-34(42)36-27-28-40-45(47(36)53)35-20-7-8-21-37(35)50-46(40)38-22-10-13-25-43(38)56(50)52-54-48-39-23-11-14-26-44(39)57-51(48)49(55-52)41-29-30-15-3-4-16-31(30)32-17-5-6-18-33(32)41/h3-29H,1-2H3. The zero-order valence-corrected chi connectivity index (χ0v) is 32.2. The highest BCUT2D eigenvalue weighted by Gasteiger charge is 2.38. The molecular weight excluding hydrogens is 711 g/mol. The second-order valence-electron chi connectivity index (χ2n) is 16.0. The molecule has 4 heteroatoms. The highest BCUT2D eigenvalue weighted by atomic mass is 32.1. The molecule has 1 aliphatic carbocycles. The predicted octanol–water partition coefficient (Wildman–Crippen LogP) is 14.5. The minimum atomic E-state index is -0.161. The van der Waals surface area contributed by atoms with Crippen molar-refractivity contribution >= 4 is 96.5 Å². The van der Waals surface area contributed by atoms with Crippen LogP contribution in [0.5, 0.6) is 0 Å². The molecule has 0 bridgehead atoms. The first-order valence-corrected chi connectivity index (χ1v) is 20.5. The van der Waals surface area contributed by atoms with Gasteiger partial charge in [0.05, 0.1) is 26.9 Å². The van der Waals surface area contributed by atoms with Gasteiger partial charge in [0.1, 0.15) is 0 Å². The van der Waals surface area contributed by atoms with Gasteiger partial charge in [-0.2, -0.15) is 0 Å². The van der Waals surface area contributed by atoms with Gasteiger partial charge in [0, 0.05) is 37.2 Å². The number of nitrogens with zero attached hydrogens (tertiary/aromatic N) is 3. The Morgan fingerprint density at radius 2 is 1.16 bits per heavy atom.